The van der Waals surface area contributed by atoms with E-state index in [1.54, 1.807) is 31.3 Å². The minimum atomic E-state index is -3.01. The van der Waals surface area contributed by atoms with Crippen molar-refractivity contribution in [3.8, 4) is 11.3 Å². The third kappa shape index (κ3) is 4.49. The number of hydrogen-bond donors (Lipinski definition) is 1. The van der Waals surface area contributed by atoms with Crippen LogP contribution in [-0.4, -0.2) is 71.4 Å². The summed E-state index contributed by atoms with van der Waals surface area (Å²) in [5.41, 5.74) is 2.67. The standard InChI is InChI=1S/C22H22F4N8O/c1-12-28-17-4-3-16(30-20(17)33(12)10-19(23)24)15-5-6-34-18(15)8-27-21(31-34)29-14-7-22(25,26)11-32(9-14)13(2)35/h3-6,8,14,19H,7,9-11H2,1-2H3,(H,29,31)/t14-/m0/s1. The molecule has 13 heteroatoms. The Morgan fingerprint density at radius 3 is 2.80 bits per heavy atom. The zero-order valence-corrected chi connectivity index (χ0v) is 18.9. The molecule has 1 atom stereocenters. The van der Waals surface area contributed by atoms with Crippen molar-refractivity contribution in [3.05, 3.63) is 36.4 Å². The third-order valence-corrected chi connectivity index (χ3v) is 5.98. The van der Waals surface area contributed by atoms with Crippen molar-refractivity contribution in [2.45, 2.75) is 45.2 Å². The summed E-state index contributed by atoms with van der Waals surface area (Å²) >= 11 is 0. The lowest BCUT2D eigenvalue weighted by Crippen LogP contribution is -2.53. The molecule has 1 amide bonds. The Hall–Kier alpha value is -3.77. The number of pyridine rings is 1. The number of anilines is 1. The van der Waals surface area contributed by atoms with E-state index in [9.17, 15) is 22.4 Å². The van der Waals surface area contributed by atoms with Crippen LogP contribution in [-0.2, 0) is 11.3 Å². The summed E-state index contributed by atoms with van der Waals surface area (Å²) < 4.78 is 57.2. The second-order valence-corrected chi connectivity index (χ2v) is 8.64. The van der Waals surface area contributed by atoms with Crippen LogP contribution in [0.3, 0.4) is 0 Å². The monoisotopic (exact) mass is 490 g/mol. The lowest BCUT2D eigenvalue weighted by atomic mass is 10.0. The maximum atomic E-state index is 14.1. The number of nitrogens with zero attached hydrogens (tertiary/aromatic N) is 7. The summed E-state index contributed by atoms with van der Waals surface area (Å²) in [7, 11) is 0. The molecule has 4 aromatic heterocycles. The normalized spacial score (nSPS) is 18.0. The average molecular weight is 490 g/mol. The average Bonchev–Trinajstić information content (AvgIpc) is 3.32. The minimum absolute atomic E-state index is 0.124. The van der Waals surface area contributed by atoms with E-state index in [-0.39, 0.29) is 12.5 Å². The molecular formula is C22H22F4N8O. The first-order valence-electron chi connectivity index (χ1n) is 11.0. The molecule has 0 spiro atoms. The molecule has 9 nitrogen and oxygen atoms in total. The van der Waals surface area contributed by atoms with Crippen LogP contribution in [0.5, 0.6) is 0 Å². The van der Waals surface area contributed by atoms with Gasteiger partial charge in [-0.1, -0.05) is 0 Å². The van der Waals surface area contributed by atoms with E-state index < -0.39 is 43.8 Å². The molecule has 0 aromatic carbocycles. The number of rotatable bonds is 5. The Balaban J connectivity index is 1.43. The first-order valence-corrected chi connectivity index (χ1v) is 11.0. The Morgan fingerprint density at radius 2 is 2.06 bits per heavy atom. The molecule has 0 unspecified atom stereocenters. The van der Waals surface area contributed by atoms with Crippen LogP contribution in [0.15, 0.2) is 30.6 Å². The number of aromatic nitrogens is 6. The van der Waals surface area contributed by atoms with E-state index in [1.165, 1.54) is 22.2 Å². The number of aryl methyl sites for hydroxylation is 1. The zero-order chi connectivity index (χ0) is 24.9. The highest BCUT2D eigenvalue weighted by molar-refractivity contribution is 5.82. The van der Waals surface area contributed by atoms with Gasteiger partial charge in [0.25, 0.3) is 12.3 Å². The molecule has 1 fully saturated rings. The number of carbonyl (C=O) groups excluding carboxylic acids is 1. The van der Waals surface area contributed by atoms with Crippen molar-refractivity contribution in [2.75, 3.05) is 18.4 Å². The molecule has 1 N–H and O–H groups in total. The molecule has 4 aromatic rings. The van der Waals surface area contributed by atoms with Crippen molar-refractivity contribution < 1.29 is 22.4 Å². The van der Waals surface area contributed by atoms with Crippen LogP contribution in [0, 0.1) is 6.92 Å². The fourth-order valence-corrected chi connectivity index (χ4v) is 4.42. The number of piperidine rings is 1. The van der Waals surface area contributed by atoms with Crippen molar-refractivity contribution in [3.63, 3.8) is 0 Å². The summed E-state index contributed by atoms with van der Waals surface area (Å²) in [5, 5.41) is 7.26. The van der Waals surface area contributed by atoms with Crippen LogP contribution < -0.4 is 5.32 Å². The van der Waals surface area contributed by atoms with E-state index in [4.69, 9.17) is 0 Å². The van der Waals surface area contributed by atoms with Gasteiger partial charge in [-0.15, -0.1) is 5.10 Å². The second kappa shape index (κ2) is 8.47. The number of likely N-dealkylation sites (tertiary alicyclic amines) is 1. The van der Waals surface area contributed by atoms with E-state index >= 15 is 0 Å². The number of fused-ring (bicyclic) bond motifs is 2. The number of hydrogen-bond acceptors (Lipinski definition) is 6. The van der Waals surface area contributed by atoms with E-state index in [0.717, 1.165) is 4.90 Å². The van der Waals surface area contributed by atoms with Gasteiger partial charge in [0.2, 0.25) is 11.9 Å². The molecule has 1 aliphatic heterocycles. The predicted molar refractivity (Wildman–Crippen MR) is 119 cm³/mol. The number of halogens is 4. The number of nitrogens with one attached hydrogen (secondary N) is 1. The highest BCUT2D eigenvalue weighted by atomic mass is 19.3. The SMILES string of the molecule is CC(=O)N1C[C@@H](Nc2ncc3c(-c4ccc5nc(C)n(CC(F)F)c5n4)ccn3n2)CC(F)(F)C1. The van der Waals surface area contributed by atoms with Crippen LogP contribution in [0.25, 0.3) is 27.9 Å². The van der Waals surface area contributed by atoms with Crippen molar-refractivity contribution >= 4 is 28.5 Å². The fraction of sp³-hybridized carbons (Fsp3) is 0.409. The lowest BCUT2D eigenvalue weighted by Gasteiger charge is -2.37. The number of alkyl halides is 4. The van der Waals surface area contributed by atoms with Gasteiger partial charge in [0.1, 0.15) is 11.3 Å². The highest BCUT2D eigenvalue weighted by Gasteiger charge is 2.41. The van der Waals surface area contributed by atoms with Crippen molar-refractivity contribution in [2.24, 2.45) is 0 Å². The van der Waals surface area contributed by atoms with Gasteiger partial charge < -0.3 is 14.8 Å². The van der Waals surface area contributed by atoms with E-state index in [1.807, 2.05) is 0 Å². The summed E-state index contributed by atoms with van der Waals surface area (Å²) in [5.74, 6) is -2.84. The molecule has 184 valence electrons. The van der Waals surface area contributed by atoms with Gasteiger partial charge in [0, 0.05) is 31.6 Å². The minimum Gasteiger partial charge on any atom is -0.348 e. The van der Waals surface area contributed by atoms with Gasteiger partial charge in [-0.25, -0.2) is 37.0 Å². The number of amides is 1. The summed E-state index contributed by atoms with van der Waals surface area (Å²) in [6, 6.07) is 4.51. The van der Waals surface area contributed by atoms with Crippen LogP contribution in [0.2, 0.25) is 0 Å². The fourth-order valence-electron chi connectivity index (χ4n) is 4.42. The topological polar surface area (TPSA) is 93.2 Å². The molecule has 1 aliphatic rings. The molecule has 5 rings (SSSR count). The van der Waals surface area contributed by atoms with Crippen LogP contribution in [0.1, 0.15) is 19.2 Å². The van der Waals surface area contributed by atoms with Crippen molar-refractivity contribution in [1.29, 1.82) is 0 Å². The second-order valence-electron chi connectivity index (χ2n) is 8.64. The molecule has 0 saturated carbocycles. The van der Waals surface area contributed by atoms with Gasteiger partial charge in [0.15, 0.2) is 5.65 Å². The summed E-state index contributed by atoms with van der Waals surface area (Å²) in [6.07, 6.45) is 0.215. The summed E-state index contributed by atoms with van der Waals surface area (Å²) in [6.45, 7) is 1.93. The van der Waals surface area contributed by atoms with Gasteiger partial charge in [-0.3, -0.25) is 4.79 Å². The Labute approximate surface area is 196 Å². The smallest absolute Gasteiger partial charge is 0.267 e. The van der Waals surface area contributed by atoms with Crippen LogP contribution >= 0.6 is 0 Å². The number of carbonyl (C=O) groups is 1. The zero-order valence-electron chi connectivity index (χ0n) is 18.9. The Bertz CT molecular complexity index is 1420. The molecule has 35 heavy (non-hydrogen) atoms. The first kappa shape index (κ1) is 23.0. The van der Waals surface area contributed by atoms with E-state index in [0.29, 0.717) is 33.8 Å². The maximum Gasteiger partial charge on any atom is 0.267 e. The molecular weight excluding hydrogens is 468 g/mol. The van der Waals surface area contributed by atoms with Gasteiger partial charge >= 0.3 is 0 Å². The summed E-state index contributed by atoms with van der Waals surface area (Å²) in [4.78, 5) is 25.9. The molecule has 0 bridgehead atoms. The highest BCUT2D eigenvalue weighted by Crippen LogP contribution is 2.29. The van der Waals surface area contributed by atoms with Crippen molar-refractivity contribution in [1.82, 2.24) is 34.0 Å². The molecule has 0 aliphatic carbocycles. The quantitative estimate of drug-likeness (QED) is 0.431. The Kier molecular flexibility index (Phi) is 5.56. The van der Waals surface area contributed by atoms with Gasteiger partial charge in [-0.05, 0) is 25.1 Å². The maximum absolute atomic E-state index is 14.1. The lowest BCUT2D eigenvalue weighted by molar-refractivity contribution is -0.139. The van der Waals surface area contributed by atoms with Gasteiger partial charge in [0.05, 0.1) is 36.5 Å². The third-order valence-electron chi connectivity index (χ3n) is 5.98. The van der Waals surface area contributed by atoms with E-state index in [2.05, 4.69) is 25.4 Å². The van der Waals surface area contributed by atoms with Crippen LogP contribution in [0.4, 0.5) is 23.5 Å². The number of imidazole rings is 1. The molecule has 1 saturated heterocycles. The molecule has 5 heterocycles. The van der Waals surface area contributed by atoms with Gasteiger partial charge in [-0.2, -0.15) is 0 Å². The molecule has 0 radical (unpaired) electrons. The first-order chi connectivity index (χ1) is 16.6. The largest absolute Gasteiger partial charge is 0.348 e. The predicted octanol–water partition coefficient (Wildman–Crippen LogP) is 3.38. The Morgan fingerprint density at radius 1 is 1.26 bits per heavy atom.